The molecule has 0 fully saturated rings. The van der Waals surface area contributed by atoms with Gasteiger partial charge in [-0.15, -0.1) is 6.58 Å². The Kier molecular flexibility index (Phi) is 6.85. The first kappa shape index (κ1) is 7.92. The normalized spacial score (nSPS) is 9.12. The topological polar surface area (TPSA) is 9.23 Å². The Morgan fingerprint density at radius 3 is 3.00 bits per heavy atom. The summed E-state index contributed by atoms with van der Waals surface area (Å²) in [6.45, 7) is 6.46. The number of allylic oxidation sites excluding steroid dienone is 1. The van der Waals surface area contributed by atoms with Gasteiger partial charge in [0.2, 0.25) is 9.76 Å². The van der Waals surface area contributed by atoms with Gasteiger partial charge in [0.25, 0.3) is 0 Å². The van der Waals surface area contributed by atoms with Gasteiger partial charge in [0.05, 0.1) is 0 Å². The predicted octanol–water partition coefficient (Wildman–Crippen LogP) is 1.64. The molecule has 0 N–H and O–H groups in total. The van der Waals surface area contributed by atoms with E-state index in [1.54, 1.807) is 0 Å². The van der Waals surface area contributed by atoms with Crippen molar-refractivity contribution in [1.29, 1.82) is 0 Å². The summed E-state index contributed by atoms with van der Waals surface area (Å²) >= 11 is 0. The van der Waals surface area contributed by atoms with E-state index in [1.807, 2.05) is 13.0 Å². The van der Waals surface area contributed by atoms with Crippen LogP contribution in [0, 0.1) is 0 Å². The summed E-state index contributed by atoms with van der Waals surface area (Å²) in [5.41, 5.74) is 0. The molecule has 0 aromatic heterocycles. The molecule has 0 aliphatic heterocycles. The maximum atomic E-state index is 5.12. The minimum absolute atomic E-state index is 0.668. The van der Waals surface area contributed by atoms with Gasteiger partial charge in [0.15, 0.2) is 0 Å². The first-order valence-electron chi connectivity index (χ1n) is 2.87. The third-order valence-corrected chi connectivity index (χ3v) is 1.68. The summed E-state index contributed by atoms with van der Waals surface area (Å²) in [6.07, 6.45) is 3.00. The Hall–Kier alpha value is -0.0831. The highest BCUT2D eigenvalue weighted by atomic mass is 28.2. The van der Waals surface area contributed by atoms with Gasteiger partial charge < -0.3 is 4.43 Å². The Morgan fingerprint density at radius 1 is 1.75 bits per heavy atom. The fourth-order valence-corrected chi connectivity index (χ4v) is 1.01. The molecular formula is C6H12OSi. The Bertz CT molecular complexity index is 54.5. The molecule has 0 rings (SSSR count). The molecule has 2 radical (unpaired) electrons. The van der Waals surface area contributed by atoms with Crippen LogP contribution >= 0.6 is 0 Å². The second-order valence-corrected chi connectivity index (χ2v) is 2.48. The van der Waals surface area contributed by atoms with Crippen molar-refractivity contribution in [2.45, 2.75) is 19.4 Å². The van der Waals surface area contributed by atoms with Crippen LogP contribution in [0.15, 0.2) is 12.7 Å². The lowest BCUT2D eigenvalue weighted by Gasteiger charge is -1.92. The molecule has 0 bridgehead atoms. The summed E-state index contributed by atoms with van der Waals surface area (Å²) in [5, 5.41) is 0. The van der Waals surface area contributed by atoms with E-state index in [1.165, 1.54) is 0 Å². The minimum Gasteiger partial charge on any atom is -0.418 e. The van der Waals surface area contributed by atoms with E-state index >= 15 is 0 Å². The maximum absolute atomic E-state index is 5.12. The van der Waals surface area contributed by atoms with Crippen molar-refractivity contribution >= 4 is 9.76 Å². The van der Waals surface area contributed by atoms with Gasteiger partial charge in [-0.05, 0) is 19.4 Å². The van der Waals surface area contributed by atoms with Gasteiger partial charge >= 0.3 is 0 Å². The number of rotatable bonds is 5. The van der Waals surface area contributed by atoms with Crippen LogP contribution in [0.4, 0.5) is 0 Å². The summed E-state index contributed by atoms with van der Waals surface area (Å²) < 4.78 is 5.12. The zero-order chi connectivity index (χ0) is 6.24. The molecular weight excluding hydrogens is 116 g/mol. The number of hydrogen-bond donors (Lipinski definition) is 0. The maximum Gasteiger partial charge on any atom is 0.229 e. The van der Waals surface area contributed by atoms with Gasteiger partial charge in [-0.2, -0.15) is 0 Å². The van der Waals surface area contributed by atoms with Crippen molar-refractivity contribution in [1.82, 2.24) is 0 Å². The van der Waals surface area contributed by atoms with Crippen molar-refractivity contribution in [3.05, 3.63) is 12.7 Å². The monoisotopic (exact) mass is 128 g/mol. The Labute approximate surface area is 53.7 Å². The van der Waals surface area contributed by atoms with Gasteiger partial charge in [0.1, 0.15) is 0 Å². The van der Waals surface area contributed by atoms with Crippen LogP contribution in [0.2, 0.25) is 6.04 Å². The second-order valence-electron chi connectivity index (χ2n) is 1.40. The molecule has 2 heteroatoms. The average molecular weight is 128 g/mol. The van der Waals surface area contributed by atoms with E-state index in [0.717, 1.165) is 19.1 Å². The highest BCUT2D eigenvalue weighted by molar-refractivity contribution is 6.27. The minimum atomic E-state index is 0.668. The van der Waals surface area contributed by atoms with Gasteiger partial charge in [0, 0.05) is 6.61 Å². The summed E-state index contributed by atoms with van der Waals surface area (Å²) in [7, 11) is 0.668. The summed E-state index contributed by atoms with van der Waals surface area (Å²) in [4.78, 5) is 0. The van der Waals surface area contributed by atoms with Crippen LogP contribution in [0.5, 0.6) is 0 Å². The largest absolute Gasteiger partial charge is 0.418 e. The lowest BCUT2D eigenvalue weighted by Crippen LogP contribution is -1.95. The van der Waals surface area contributed by atoms with Crippen LogP contribution in [0.1, 0.15) is 13.3 Å². The third-order valence-electron chi connectivity index (χ3n) is 0.697. The molecule has 0 saturated heterocycles. The van der Waals surface area contributed by atoms with Gasteiger partial charge in [-0.3, -0.25) is 0 Å². The molecule has 8 heavy (non-hydrogen) atoms. The van der Waals surface area contributed by atoms with Crippen molar-refractivity contribution in [3.8, 4) is 0 Å². The highest BCUT2D eigenvalue weighted by Gasteiger charge is 1.84. The molecule has 0 amide bonds. The lowest BCUT2D eigenvalue weighted by molar-refractivity contribution is 0.360. The van der Waals surface area contributed by atoms with E-state index in [-0.39, 0.29) is 0 Å². The van der Waals surface area contributed by atoms with Crippen LogP contribution in [0.25, 0.3) is 0 Å². The van der Waals surface area contributed by atoms with E-state index in [0.29, 0.717) is 9.76 Å². The molecule has 0 atom stereocenters. The molecule has 0 aromatic carbocycles. The van der Waals surface area contributed by atoms with Crippen LogP contribution in [0.3, 0.4) is 0 Å². The summed E-state index contributed by atoms with van der Waals surface area (Å²) in [5.74, 6) is 0. The van der Waals surface area contributed by atoms with E-state index in [2.05, 4.69) is 6.58 Å². The van der Waals surface area contributed by atoms with Crippen LogP contribution in [-0.4, -0.2) is 16.4 Å². The molecule has 0 aliphatic rings. The van der Waals surface area contributed by atoms with Crippen molar-refractivity contribution < 1.29 is 4.43 Å². The Balaban J connectivity index is 2.62. The van der Waals surface area contributed by atoms with Crippen molar-refractivity contribution in [2.75, 3.05) is 6.61 Å². The predicted molar refractivity (Wildman–Crippen MR) is 37.0 cm³/mol. The first-order chi connectivity index (χ1) is 3.91. The second kappa shape index (κ2) is 6.92. The van der Waals surface area contributed by atoms with Crippen molar-refractivity contribution in [2.24, 2.45) is 0 Å². The zero-order valence-electron chi connectivity index (χ0n) is 5.31. The van der Waals surface area contributed by atoms with E-state index in [9.17, 15) is 0 Å². The van der Waals surface area contributed by atoms with Gasteiger partial charge in [-0.25, -0.2) is 0 Å². The molecule has 0 heterocycles. The lowest BCUT2D eigenvalue weighted by atomic mass is 10.5. The first-order valence-corrected chi connectivity index (χ1v) is 3.99. The fraction of sp³-hybridized carbons (Fsp3) is 0.667. The molecule has 0 spiro atoms. The Morgan fingerprint density at radius 2 is 2.50 bits per heavy atom. The molecule has 0 aromatic rings. The van der Waals surface area contributed by atoms with E-state index < -0.39 is 0 Å². The molecule has 0 aliphatic carbocycles. The van der Waals surface area contributed by atoms with E-state index in [4.69, 9.17) is 4.43 Å². The standard InChI is InChI=1S/C6H12OSi/c1-3-5-6-8-7-4-2/h3H,1,4-6H2,2H3. The average Bonchev–Trinajstić information content (AvgIpc) is 1.81. The third kappa shape index (κ3) is 5.92. The highest BCUT2D eigenvalue weighted by Crippen LogP contribution is 1.88. The molecule has 46 valence electrons. The van der Waals surface area contributed by atoms with Crippen LogP contribution < -0.4 is 0 Å². The SMILES string of the molecule is C=CCC[Si]OCC. The molecule has 0 unspecified atom stereocenters. The quantitative estimate of drug-likeness (QED) is 0.311. The fourth-order valence-electron chi connectivity index (χ4n) is 0.335. The molecule has 0 saturated carbocycles. The van der Waals surface area contributed by atoms with Crippen LogP contribution in [-0.2, 0) is 4.43 Å². The smallest absolute Gasteiger partial charge is 0.229 e. The molecule has 1 nitrogen and oxygen atoms in total. The van der Waals surface area contributed by atoms with Gasteiger partial charge in [-0.1, -0.05) is 6.08 Å². The number of hydrogen-bond acceptors (Lipinski definition) is 1. The zero-order valence-corrected chi connectivity index (χ0v) is 6.31. The van der Waals surface area contributed by atoms with Crippen molar-refractivity contribution in [3.63, 3.8) is 0 Å². The summed E-state index contributed by atoms with van der Waals surface area (Å²) in [6, 6.07) is 1.14.